The highest BCUT2D eigenvalue weighted by atomic mass is 35.5. The van der Waals surface area contributed by atoms with E-state index >= 15 is 0 Å². The molecule has 0 bridgehead atoms. The highest BCUT2D eigenvalue weighted by molar-refractivity contribution is 6.31. The largest absolute Gasteiger partial charge is 0.381 e. The molecule has 0 unspecified atom stereocenters. The summed E-state index contributed by atoms with van der Waals surface area (Å²) in [5.74, 6) is 0.563. The summed E-state index contributed by atoms with van der Waals surface area (Å²) in [7, 11) is 0. The van der Waals surface area contributed by atoms with Crippen LogP contribution in [0.5, 0.6) is 0 Å². The molecule has 0 aromatic heterocycles. The monoisotopic (exact) mass is 239 g/mol. The topological polar surface area (TPSA) is 35.2 Å². The predicted octanol–water partition coefficient (Wildman–Crippen LogP) is 2.74. The molecular weight excluding hydrogens is 222 g/mol. The maximum absolute atomic E-state index is 6.32. The summed E-state index contributed by atoms with van der Waals surface area (Å²) in [6.07, 6.45) is 3.06. The fraction of sp³-hybridized carbons (Fsp3) is 0.538. The van der Waals surface area contributed by atoms with Crippen molar-refractivity contribution in [3.8, 4) is 0 Å². The van der Waals surface area contributed by atoms with Gasteiger partial charge >= 0.3 is 0 Å². The van der Waals surface area contributed by atoms with Crippen molar-refractivity contribution in [3.05, 3.63) is 34.3 Å². The quantitative estimate of drug-likeness (QED) is 0.881. The first-order valence-electron chi connectivity index (χ1n) is 5.87. The third-order valence-corrected chi connectivity index (χ3v) is 3.49. The molecule has 88 valence electrons. The Morgan fingerprint density at radius 2 is 2.06 bits per heavy atom. The average molecular weight is 240 g/mol. The molecule has 0 saturated carbocycles. The van der Waals surface area contributed by atoms with Gasteiger partial charge in [0.1, 0.15) is 0 Å². The van der Waals surface area contributed by atoms with Crippen LogP contribution in [0.2, 0.25) is 5.02 Å². The molecule has 0 atom stereocenters. The van der Waals surface area contributed by atoms with Crippen molar-refractivity contribution in [2.24, 2.45) is 5.73 Å². The summed E-state index contributed by atoms with van der Waals surface area (Å²) < 4.78 is 5.36. The van der Waals surface area contributed by atoms with Gasteiger partial charge in [-0.05, 0) is 48.9 Å². The maximum atomic E-state index is 6.32. The molecule has 1 aromatic carbocycles. The van der Waals surface area contributed by atoms with Crippen LogP contribution in [0.15, 0.2) is 18.2 Å². The second-order valence-corrected chi connectivity index (χ2v) is 4.69. The van der Waals surface area contributed by atoms with E-state index in [1.54, 1.807) is 0 Å². The van der Waals surface area contributed by atoms with Gasteiger partial charge in [0, 0.05) is 18.2 Å². The Hall–Kier alpha value is -0.570. The summed E-state index contributed by atoms with van der Waals surface area (Å²) in [4.78, 5) is 0. The molecular formula is C13H18ClNO. The van der Waals surface area contributed by atoms with E-state index in [-0.39, 0.29) is 0 Å². The van der Waals surface area contributed by atoms with Gasteiger partial charge in [0.05, 0.1) is 0 Å². The molecule has 0 aliphatic carbocycles. The maximum Gasteiger partial charge on any atom is 0.0471 e. The molecule has 2 nitrogen and oxygen atoms in total. The van der Waals surface area contributed by atoms with Crippen molar-refractivity contribution in [1.29, 1.82) is 0 Å². The van der Waals surface area contributed by atoms with Crippen LogP contribution < -0.4 is 5.73 Å². The van der Waals surface area contributed by atoms with Crippen LogP contribution in [0.1, 0.15) is 29.9 Å². The Labute approximate surface area is 102 Å². The van der Waals surface area contributed by atoms with E-state index in [1.165, 1.54) is 11.1 Å². The molecule has 2 N–H and O–H groups in total. The van der Waals surface area contributed by atoms with E-state index in [9.17, 15) is 0 Å². The standard InChI is InChI=1S/C13H18ClNO/c14-13-9-10(3-6-15)1-2-12(13)11-4-7-16-8-5-11/h1-2,9,11H,3-8,15H2. The van der Waals surface area contributed by atoms with Crippen LogP contribution >= 0.6 is 11.6 Å². The Morgan fingerprint density at radius 3 is 2.69 bits per heavy atom. The van der Waals surface area contributed by atoms with Crippen LogP contribution in [0.3, 0.4) is 0 Å². The Kier molecular flexibility index (Phi) is 4.22. The predicted molar refractivity (Wildman–Crippen MR) is 67.0 cm³/mol. The molecule has 1 aromatic rings. The van der Waals surface area contributed by atoms with E-state index < -0.39 is 0 Å². The molecule has 1 fully saturated rings. The third kappa shape index (κ3) is 2.76. The van der Waals surface area contributed by atoms with Crippen LogP contribution in [0.4, 0.5) is 0 Å². The summed E-state index contributed by atoms with van der Waals surface area (Å²) >= 11 is 6.32. The number of hydrogen-bond donors (Lipinski definition) is 1. The molecule has 2 rings (SSSR count). The summed E-state index contributed by atoms with van der Waals surface area (Å²) in [5.41, 5.74) is 8.03. The molecule has 0 amide bonds. The van der Waals surface area contributed by atoms with E-state index in [0.717, 1.165) is 37.5 Å². The summed E-state index contributed by atoms with van der Waals surface area (Å²) in [5, 5.41) is 0.887. The first-order chi connectivity index (χ1) is 7.81. The molecule has 1 aliphatic rings. The molecule has 0 spiro atoms. The van der Waals surface area contributed by atoms with Gasteiger partial charge in [-0.15, -0.1) is 0 Å². The highest BCUT2D eigenvalue weighted by Crippen LogP contribution is 2.32. The average Bonchev–Trinajstić information content (AvgIpc) is 2.31. The minimum atomic E-state index is 0.563. The first kappa shape index (κ1) is 11.9. The zero-order valence-electron chi connectivity index (χ0n) is 9.42. The Balaban J connectivity index is 2.14. The number of ether oxygens (including phenoxy) is 1. The normalized spacial score (nSPS) is 17.6. The lowest BCUT2D eigenvalue weighted by atomic mass is 9.91. The van der Waals surface area contributed by atoms with E-state index in [0.29, 0.717) is 12.5 Å². The Morgan fingerprint density at radius 1 is 1.31 bits per heavy atom. The zero-order valence-corrected chi connectivity index (χ0v) is 10.2. The van der Waals surface area contributed by atoms with Crippen molar-refractivity contribution in [1.82, 2.24) is 0 Å². The van der Waals surface area contributed by atoms with Crippen LogP contribution in [-0.2, 0) is 11.2 Å². The number of benzene rings is 1. The van der Waals surface area contributed by atoms with Crippen molar-refractivity contribution < 1.29 is 4.74 Å². The summed E-state index contributed by atoms with van der Waals surface area (Å²) in [6.45, 7) is 2.38. The minimum Gasteiger partial charge on any atom is -0.381 e. The molecule has 16 heavy (non-hydrogen) atoms. The van der Waals surface area contributed by atoms with Crippen molar-refractivity contribution in [2.45, 2.75) is 25.2 Å². The summed E-state index contributed by atoms with van der Waals surface area (Å²) in [6, 6.07) is 6.35. The van der Waals surface area contributed by atoms with Gasteiger partial charge in [-0.3, -0.25) is 0 Å². The van der Waals surface area contributed by atoms with Gasteiger partial charge in [0.2, 0.25) is 0 Å². The van der Waals surface area contributed by atoms with Gasteiger partial charge < -0.3 is 10.5 Å². The van der Waals surface area contributed by atoms with E-state index in [2.05, 4.69) is 18.2 Å². The van der Waals surface area contributed by atoms with Crippen LogP contribution in [0.25, 0.3) is 0 Å². The molecule has 1 heterocycles. The van der Waals surface area contributed by atoms with Gasteiger partial charge in [0.25, 0.3) is 0 Å². The molecule has 3 heteroatoms. The smallest absolute Gasteiger partial charge is 0.0471 e. The second kappa shape index (κ2) is 5.67. The third-order valence-electron chi connectivity index (χ3n) is 3.16. The van der Waals surface area contributed by atoms with Gasteiger partial charge in [0.15, 0.2) is 0 Å². The second-order valence-electron chi connectivity index (χ2n) is 4.28. The molecule has 1 aliphatic heterocycles. The van der Waals surface area contributed by atoms with E-state index in [1.807, 2.05) is 0 Å². The van der Waals surface area contributed by atoms with E-state index in [4.69, 9.17) is 22.1 Å². The number of nitrogens with two attached hydrogens (primary N) is 1. The molecule has 0 radical (unpaired) electrons. The first-order valence-corrected chi connectivity index (χ1v) is 6.25. The lowest BCUT2D eigenvalue weighted by Crippen LogP contribution is -2.14. The fourth-order valence-corrected chi connectivity index (χ4v) is 2.59. The fourth-order valence-electron chi connectivity index (χ4n) is 2.23. The molecule has 1 saturated heterocycles. The number of hydrogen-bond acceptors (Lipinski definition) is 2. The van der Waals surface area contributed by atoms with Crippen molar-refractivity contribution in [2.75, 3.05) is 19.8 Å². The van der Waals surface area contributed by atoms with Crippen LogP contribution in [-0.4, -0.2) is 19.8 Å². The van der Waals surface area contributed by atoms with Crippen LogP contribution in [0, 0.1) is 0 Å². The Bertz CT molecular complexity index is 348. The van der Waals surface area contributed by atoms with Gasteiger partial charge in [-0.1, -0.05) is 23.7 Å². The van der Waals surface area contributed by atoms with Gasteiger partial charge in [-0.25, -0.2) is 0 Å². The van der Waals surface area contributed by atoms with Gasteiger partial charge in [-0.2, -0.15) is 0 Å². The van der Waals surface area contributed by atoms with Crippen molar-refractivity contribution >= 4 is 11.6 Å². The number of halogens is 1. The minimum absolute atomic E-state index is 0.563. The lowest BCUT2D eigenvalue weighted by Gasteiger charge is -2.23. The van der Waals surface area contributed by atoms with Crippen molar-refractivity contribution in [3.63, 3.8) is 0 Å². The number of rotatable bonds is 3. The highest BCUT2D eigenvalue weighted by Gasteiger charge is 2.18. The lowest BCUT2D eigenvalue weighted by molar-refractivity contribution is 0.0853. The SMILES string of the molecule is NCCc1ccc(C2CCOCC2)c(Cl)c1. The zero-order chi connectivity index (χ0) is 11.4.